The predicted molar refractivity (Wildman–Crippen MR) is 97.6 cm³/mol. The van der Waals surface area contributed by atoms with Crippen molar-refractivity contribution in [2.24, 2.45) is 11.7 Å². The van der Waals surface area contributed by atoms with Gasteiger partial charge in [0.15, 0.2) is 5.82 Å². The van der Waals surface area contributed by atoms with Crippen LogP contribution in [0.2, 0.25) is 10.0 Å². The van der Waals surface area contributed by atoms with Gasteiger partial charge in [-0.3, -0.25) is 4.90 Å². The Balaban J connectivity index is 0.00000208. The minimum atomic E-state index is 0. The number of hydrogen-bond donors (Lipinski definition) is 1. The number of benzene rings is 1. The molecule has 3 rings (SSSR count). The molecule has 1 aromatic carbocycles. The fourth-order valence-corrected chi connectivity index (χ4v) is 3.39. The molecule has 2 heterocycles. The molecule has 2 aromatic rings. The lowest BCUT2D eigenvalue weighted by Crippen LogP contribution is -2.34. The highest BCUT2D eigenvalue weighted by atomic mass is 35.5. The molecule has 1 aromatic heterocycles. The van der Waals surface area contributed by atoms with E-state index >= 15 is 0 Å². The molecule has 1 aliphatic heterocycles. The normalized spacial score (nSPS) is 16.1. The molecule has 5 nitrogen and oxygen atoms in total. The fraction of sp³-hybridized carbons (Fsp3) is 0.500. The first-order chi connectivity index (χ1) is 11.1. The van der Waals surface area contributed by atoms with Gasteiger partial charge in [0.05, 0.1) is 13.1 Å². The molecule has 0 atom stereocenters. The molecule has 0 unspecified atom stereocenters. The standard InChI is InChI=1S/C16H20Cl2N4O.ClH/c17-13-1-2-14(18)12(8-13)7-11-3-5-22(6-4-11)10-15-20-16(9-19)23-21-15;/h1-2,8,11H,3-7,9-10,19H2;1H. The second kappa shape index (κ2) is 9.02. The van der Waals surface area contributed by atoms with Crippen LogP contribution in [0.4, 0.5) is 0 Å². The molecular weight excluding hydrogens is 371 g/mol. The Kier molecular flexibility index (Phi) is 7.32. The van der Waals surface area contributed by atoms with Crippen LogP contribution >= 0.6 is 35.6 Å². The van der Waals surface area contributed by atoms with E-state index in [2.05, 4.69) is 15.0 Å². The summed E-state index contributed by atoms with van der Waals surface area (Å²) in [5, 5.41) is 5.50. The SMILES string of the molecule is Cl.NCc1nc(CN2CCC(Cc3cc(Cl)ccc3Cl)CC2)no1. The number of rotatable bonds is 5. The Labute approximate surface area is 157 Å². The van der Waals surface area contributed by atoms with E-state index in [1.54, 1.807) is 0 Å². The maximum absolute atomic E-state index is 6.26. The zero-order valence-corrected chi connectivity index (χ0v) is 15.6. The smallest absolute Gasteiger partial charge is 0.240 e. The topological polar surface area (TPSA) is 68.2 Å². The molecule has 1 saturated heterocycles. The monoisotopic (exact) mass is 390 g/mol. The van der Waals surface area contributed by atoms with Gasteiger partial charge in [0.2, 0.25) is 5.89 Å². The van der Waals surface area contributed by atoms with Crippen molar-refractivity contribution in [3.05, 3.63) is 45.5 Å². The summed E-state index contributed by atoms with van der Waals surface area (Å²) < 4.78 is 5.04. The fourth-order valence-electron chi connectivity index (χ4n) is 3.00. The summed E-state index contributed by atoms with van der Waals surface area (Å²) in [7, 11) is 0. The number of halogens is 3. The van der Waals surface area contributed by atoms with Crippen LogP contribution in [0.15, 0.2) is 22.7 Å². The maximum atomic E-state index is 6.26. The van der Waals surface area contributed by atoms with E-state index in [1.807, 2.05) is 18.2 Å². The lowest BCUT2D eigenvalue weighted by molar-refractivity contribution is 0.172. The first kappa shape index (κ1) is 19.5. The van der Waals surface area contributed by atoms with Crippen LogP contribution in [0.5, 0.6) is 0 Å². The molecule has 0 saturated carbocycles. The van der Waals surface area contributed by atoms with Gasteiger partial charge in [-0.05, 0) is 62.0 Å². The zero-order chi connectivity index (χ0) is 16.2. The second-order valence-corrected chi connectivity index (χ2v) is 6.81. The van der Waals surface area contributed by atoms with E-state index < -0.39 is 0 Å². The van der Waals surface area contributed by atoms with Crippen molar-refractivity contribution in [1.29, 1.82) is 0 Å². The average Bonchev–Trinajstić information content (AvgIpc) is 3.00. The van der Waals surface area contributed by atoms with Gasteiger partial charge in [-0.2, -0.15) is 4.98 Å². The highest BCUT2D eigenvalue weighted by Gasteiger charge is 2.21. The number of aromatic nitrogens is 2. The van der Waals surface area contributed by atoms with Crippen molar-refractivity contribution in [1.82, 2.24) is 15.0 Å². The summed E-state index contributed by atoms with van der Waals surface area (Å²) in [4.78, 5) is 6.60. The van der Waals surface area contributed by atoms with Gasteiger partial charge in [0, 0.05) is 10.0 Å². The third kappa shape index (κ3) is 5.07. The zero-order valence-electron chi connectivity index (χ0n) is 13.3. The van der Waals surface area contributed by atoms with Gasteiger partial charge in [-0.1, -0.05) is 28.4 Å². The Morgan fingerprint density at radius 1 is 1.25 bits per heavy atom. The molecule has 8 heteroatoms. The minimum Gasteiger partial charge on any atom is -0.338 e. The Morgan fingerprint density at radius 3 is 2.67 bits per heavy atom. The summed E-state index contributed by atoms with van der Waals surface area (Å²) in [6.45, 7) is 3.05. The number of nitrogens with zero attached hydrogens (tertiary/aromatic N) is 3. The van der Waals surface area contributed by atoms with Crippen LogP contribution in [0.3, 0.4) is 0 Å². The van der Waals surface area contributed by atoms with Crippen molar-refractivity contribution in [2.75, 3.05) is 13.1 Å². The molecule has 1 fully saturated rings. The van der Waals surface area contributed by atoms with Crippen molar-refractivity contribution >= 4 is 35.6 Å². The Hall–Kier alpha value is -0.850. The van der Waals surface area contributed by atoms with Gasteiger partial charge in [-0.15, -0.1) is 12.4 Å². The van der Waals surface area contributed by atoms with E-state index in [9.17, 15) is 0 Å². The molecule has 0 radical (unpaired) electrons. The van der Waals surface area contributed by atoms with Crippen LogP contribution in [0, 0.1) is 5.92 Å². The number of likely N-dealkylation sites (tertiary alicyclic amines) is 1. The molecule has 0 aliphatic carbocycles. The third-order valence-electron chi connectivity index (χ3n) is 4.27. The van der Waals surface area contributed by atoms with E-state index in [0.717, 1.165) is 48.0 Å². The van der Waals surface area contributed by atoms with E-state index in [4.69, 9.17) is 33.5 Å². The van der Waals surface area contributed by atoms with Gasteiger partial charge in [-0.25, -0.2) is 0 Å². The summed E-state index contributed by atoms with van der Waals surface area (Å²) in [6.07, 6.45) is 3.24. The first-order valence-corrected chi connectivity index (χ1v) is 8.57. The Morgan fingerprint density at radius 2 is 2.00 bits per heavy atom. The summed E-state index contributed by atoms with van der Waals surface area (Å²) in [5.41, 5.74) is 6.62. The number of piperidine rings is 1. The molecule has 132 valence electrons. The first-order valence-electron chi connectivity index (χ1n) is 7.82. The molecule has 24 heavy (non-hydrogen) atoms. The number of hydrogen-bond acceptors (Lipinski definition) is 5. The predicted octanol–water partition coefficient (Wildman–Crippen LogP) is 3.71. The number of nitrogens with two attached hydrogens (primary N) is 1. The van der Waals surface area contributed by atoms with Crippen molar-refractivity contribution in [2.45, 2.75) is 32.4 Å². The van der Waals surface area contributed by atoms with E-state index in [0.29, 0.717) is 24.2 Å². The van der Waals surface area contributed by atoms with E-state index in [-0.39, 0.29) is 19.0 Å². The van der Waals surface area contributed by atoms with Crippen LogP contribution in [-0.2, 0) is 19.5 Å². The van der Waals surface area contributed by atoms with Crippen molar-refractivity contribution in [3.8, 4) is 0 Å². The summed E-state index contributed by atoms with van der Waals surface area (Å²) >= 11 is 12.3. The molecule has 0 amide bonds. The van der Waals surface area contributed by atoms with Crippen molar-refractivity contribution < 1.29 is 4.52 Å². The van der Waals surface area contributed by atoms with Gasteiger partial charge < -0.3 is 10.3 Å². The molecule has 1 aliphatic rings. The lowest BCUT2D eigenvalue weighted by Gasteiger charge is -2.31. The van der Waals surface area contributed by atoms with Crippen LogP contribution in [-0.4, -0.2) is 28.1 Å². The molecule has 0 spiro atoms. The van der Waals surface area contributed by atoms with Gasteiger partial charge in [0.25, 0.3) is 0 Å². The van der Waals surface area contributed by atoms with E-state index in [1.165, 1.54) is 0 Å². The largest absolute Gasteiger partial charge is 0.338 e. The van der Waals surface area contributed by atoms with Gasteiger partial charge in [0.1, 0.15) is 0 Å². The molecule has 2 N–H and O–H groups in total. The lowest BCUT2D eigenvalue weighted by atomic mass is 9.90. The molecular formula is C16H21Cl3N4O. The Bertz CT molecular complexity index is 657. The maximum Gasteiger partial charge on any atom is 0.240 e. The third-order valence-corrected chi connectivity index (χ3v) is 4.88. The minimum absolute atomic E-state index is 0. The highest BCUT2D eigenvalue weighted by molar-refractivity contribution is 6.33. The average molecular weight is 392 g/mol. The van der Waals surface area contributed by atoms with Crippen molar-refractivity contribution in [3.63, 3.8) is 0 Å². The summed E-state index contributed by atoms with van der Waals surface area (Å²) in [6, 6.07) is 5.68. The van der Waals surface area contributed by atoms with Crippen LogP contribution in [0.25, 0.3) is 0 Å². The second-order valence-electron chi connectivity index (χ2n) is 5.97. The van der Waals surface area contributed by atoms with Crippen LogP contribution < -0.4 is 5.73 Å². The summed E-state index contributed by atoms with van der Waals surface area (Å²) in [5.74, 6) is 1.83. The molecule has 0 bridgehead atoms. The van der Waals surface area contributed by atoms with Gasteiger partial charge >= 0.3 is 0 Å². The van der Waals surface area contributed by atoms with Crippen LogP contribution in [0.1, 0.15) is 30.1 Å². The quantitative estimate of drug-likeness (QED) is 0.841. The highest BCUT2D eigenvalue weighted by Crippen LogP contribution is 2.28.